The first-order valence-corrected chi connectivity index (χ1v) is 6.04. The maximum atomic E-state index is 11.7. The van der Waals surface area contributed by atoms with Crippen molar-refractivity contribution >= 4 is 29.1 Å². The van der Waals surface area contributed by atoms with Crippen LogP contribution < -0.4 is 5.32 Å². The number of likely N-dealkylation sites (tertiary alicyclic amines) is 1. The molecule has 1 aromatic rings. The molecule has 0 atom stereocenters. The normalized spacial score (nSPS) is 14.6. The second-order valence-corrected chi connectivity index (χ2v) is 4.55. The van der Waals surface area contributed by atoms with Crippen molar-refractivity contribution < 1.29 is 14.7 Å². The molecular weight excluding hydrogens is 256 g/mol. The molecule has 1 aromatic carbocycles. The van der Waals surface area contributed by atoms with Crippen molar-refractivity contribution in [2.45, 2.75) is 12.8 Å². The lowest BCUT2D eigenvalue weighted by Crippen LogP contribution is -2.37. The first-order valence-electron chi connectivity index (χ1n) is 5.66. The van der Waals surface area contributed by atoms with Gasteiger partial charge in [0.15, 0.2) is 0 Å². The molecule has 2 N–H and O–H groups in total. The molecule has 2 amide bonds. The minimum atomic E-state index is -0.755. The Morgan fingerprint density at radius 2 is 1.94 bits per heavy atom. The molecule has 5 nitrogen and oxygen atoms in total. The van der Waals surface area contributed by atoms with Gasteiger partial charge in [0, 0.05) is 18.1 Å². The largest absolute Gasteiger partial charge is 0.506 e. The van der Waals surface area contributed by atoms with Crippen LogP contribution in [0.15, 0.2) is 18.2 Å². The van der Waals surface area contributed by atoms with E-state index in [0.29, 0.717) is 18.1 Å². The van der Waals surface area contributed by atoms with Crippen molar-refractivity contribution in [2.75, 3.05) is 18.4 Å². The molecule has 1 aliphatic heterocycles. The van der Waals surface area contributed by atoms with Crippen LogP contribution >= 0.6 is 11.6 Å². The van der Waals surface area contributed by atoms with Gasteiger partial charge in [-0.2, -0.15) is 0 Å². The average molecular weight is 269 g/mol. The van der Waals surface area contributed by atoms with Crippen molar-refractivity contribution in [2.24, 2.45) is 0 Å². The molecule has 6 heteroatoms. The summed E-state index contributed by atoms with van der Waals surface area (Å²) in [6, 6.07) is 4.25. The zero-order chi connectivity index (χ0) is 13.1. The van der Waals surface area contributed by atoms with Crippen LogP contribution in [0.25, 0.3) is 0 Å². The van der Waals surface area contributed by atoms with E-state index in [4.69, 9.17) is 11.6 Å². The maximum Gasteiger partial charge on any atom is 0.314 e. The van der Waals surface area contributed by atoms with Crippen molar-refractivity contribution in [1.82, 2.24) is 4.90 Å². The zero-order valence-electron chi connectivity index (χ0n) is 9.65. The van der Waals surface area contributed by atoms with Gasteiger partial charge in [0.25, 0.3) is 0 Å². The number of rotatable bonds is 1. The molecule has 96 valence electrons. The molecule has 1 fully saturated rings. The number of halogens is 1. The first kappa shape index (κ1) is 12.7. The standard InChI is InChI=1S/C12H13ClN2O3/c13-8-3-4-10(16)9(7-8)14-11(17)12(18)15-5-1-2-6-15/h3-4,7,16H,1-2,5-6H2,(H,14,17). The predicted octanol–water partition coefficient (Wildman–Crippen LogP) is 1.61. The number of aromatic hydroxyl groups is 1. The Labute approximate surface area is 109 Å². The van der Waals surface area contributed by atoms with Gasteiger partial charge in [0.1, 0.15) is 5.75 Å². The van der Waals surface area contributed by atoms with Gasteiger partial charge in [-0.3, -0.25) is 9.59 Å². The number of benzene rings is 1. The summed E-state index contributed by atoms with van der Waals surface area (Å²) < 4.78 is 0. The minimum Gasteiger partial charge on any atom is -0.506 e. The fraction of sp³-hybridized carbons (Fsp3) is 0.333. The van der Waals surface area contributed by atoms with Gasteiger partial charge in [0.05, 0.1) is 5.69 Å². The lowest BCUT2D eigenvalue weighted by atomic mass is 10.3. The zero-order valence-corrected chi connectivity index (χ0v) is 10.4. The summed E-state index contributed by atoms with van der Waals surface area (Å²) in [7, 11) is 0. The highest BCUT2D eigenvalue weighted by atomic mass is 35.5. The number of hydrogen-bond acceptors (Lipinski definition) is 3. The molecule has 0 aliphatic carbocycles. The fourth-order valence-corrected chi connectivity index (χ4v) is 2.02. The number of carbonyl (C=O) groups is 2. The fourth-order valence-electron chi connectivity index (χ4n) is 1.85. The highest BCUT2D eigenvalue weighted by Crippen LogP contribution is 2.26. The summed E-state index contributed by atoms with van der Waals surface area (Å²) in [6.07, 6.45) is 1.84. The minimum absolute atomic E-state index is 0.123. The summed E-state index contributed by atoms with van der Waals surface area (Å²) in [5.41, 5.74) is 0.139. The van der Waals surface area contributed by atoms with Gasteiger partial charge in [0.2, 0.25) is 0 Å². The summed E-state index contributed by atoms with van der Waals surface area (Å²) >= 11 is 5.75. The Hall–Kier alpha value is -1.75. The van der Waals surface area contributed by atoms with E-state index in [0.717, 1.165) is 12.8 Å². The molecule has 0 saturated carbocycles. The molecule has 1 saturated heterocycles. The van der Waals surface area contributed by atoms with Crippen LogP contribution in [0, 0.1) is 0 Å². The van der Waals surface area contributed by atoms with E-state index in [2.05, 4.69) is 5.32 Å². The van der Waals surface area contributed by atoms with Gasteiger partial charge >= 0.3 is 11.8 Å². The van der Waals surface area contributed by atoms with E-state index in [1.807, 2.05) is 0 Å². The maximum absolute atomic E-state index is 11.7. The van der Waals surface area contributed by atoms with Gasteiger partial charge in [-0.1, -0.05) is 11.6 Å². The van der Waals surface area contributed by atoms with Gasteiger partial charge in [-0.25, -0.2) is 0 Å². The second kappa shape index (κ2) is 5.27. The van der Waals surface area contributed by atoms with Crippen molar-refractivity contribution in [3.8, 4) is 5.75 Å². The Morgan fingerprint density at radius 3 is 2.61 bits per heavy atom. The third-order valence-corrected chi connectivity index (χ3v) is 3.03. The molecular formula is C12H13ClN2O3. The topological polar surface area (TPSA) is 69.6 Å². The highest BCUT2D eigenvalue weighted by molar-refractivity contribution is 6.40. The highest BCUT2D eigenvalue weighted by Gasteiger charge is 2.24. The van der Waals surface area contributed by atoms with E-state index in [-0.39, 0.29) is 11.4 Å². The molecule has 0 bridgehead atoms. The smallest absolute Gasteiger partial charge is 0.314 e. The number of nitrogens with zero attached hydrogens (tertiary/aromatic N) is 1. The van der Waals surface area contributed by atoms with Crippen LogP contribution in [-0.2, 0) is 9.59 Å². The number of anilines is 1. The number of hydrogen-bond donors (Lipinski definition) is 2. The molecule has 1 heterocycles. The Balaban J connectivity index is 2.06. The Bertz CT molecular complexity index is 484. The van der Waals surface area contributed by atoms with Crippen molar-refractivity contribution in [3.05, 3.63) is 23.2 Å². The van der Waals surface area contributed by atoms with E-state index in [9.17, 15) is 14.7 Å². The van der Waals surface area contributed by atoms with E-state index in [1.165, 1.54) is 23.1 Å². The number of phenols is 1. The van der Waals surface area contributed by atoms with Crippen LogP contribution in [0.5, 0.6) is 5.75 Å². The number of phenolic OH excluding ortho intramolecular Hbond substituents is 1. The van der Waals surface area contributed by atoms with Gasteiger partial charge in [-0.05, 0) is 31.0 Å². The summed E-state index contributed by atoms with van der Waals surface area (Å²) in [4.78, 5) is 24.9. The number of nitrogens with one attached hydrogen (secondary N) is 1. The lowest BCUT2D eigenvalue weighted by molar-refractivity contribution is -0.142. The van der Waals surface area contributed by atoms with E-state index in [1.54, 1.807) is 0 Å². The molecule has 0 spiro atoms. The van der Waals surface area contributed by atoms with E-state index >= 15 is 0 Å². The summed E-state index contributed by atoms with van der Waals surface area (Å²) in [6.45, 7) is 1.21. The van der Waals surface area contributed by atoms with Crippen molar-refractivity contribution in [3.63, 3.8) is 0 Å². The predicted molar refractivity (Wildman–Crippen MR) is 67.6 cm³/mol. The third kappa shape index (κ3) is 2.73. The number of amides is 2. The van der Waals surface area contributed by atoms with Crippen LogP contribution in [0.4, 0.5) is 5.69 Å². The SMILES string of the molecule is O=C(Nc1cc(Cl)ccc1O)C(=O)N1CCCC1. The average Bonchev–Trinajstić information content (AvgIpc) is 2.86. The monoisotopic (exact) mass is 268 g/mol. The molecule has 0 aromatic heterocycles. The molecule has 0 unspecified atom stereocenters. The van der Waals surface area contributed by atoms with Gasteiger partial charge in [-0.15, -0.1) is 0 Å². The number of carbonyl (C=O) groups excluding carboxylic acids is 2. The van der Waals surface area contributed by atoms with Crippen molar-refractivity contribution in [1.29, 1.82) is 0 Å². The quantitative estimate of drug-likeness (QED) is 0.600. The Morgan fingerprint density at radius 1 is 1.28 bits per heavy atom. The summed E-state index contributed by atoms with van der Waals surface area (Å²) in [5, 5.41) is 12.3. The second-order valence-electron chi connectivity index (χ2n) is 4.11. The van der Waals surface area contributed by atoms with Crippen LogP contribution in [-0.4, -0.2) is 34.9 Å². The summed E-state index contributed by atoms with van der Waals surface area (Å²) in [5.74, 6) is -1.46. The first-order chi connectivity index (χ1) is 8.58. The molecule has 18 heavy (non-hydrogen) atoms. The molecule has 1 aliphatic rings. The Kier molecular flexibility index (Phi) is 3.72. The van der Waals surface area contributed by atoms with Gasteiger partial charge < -0.3 is 15.3 Å². The van der Waals surface area contributed by atoms with Crippen LogP contribution in [0.3, 0.4) is 0 Å². The van der Waals surface area contributed by atoms with E-state index < -0.39 is 11.8 Å². The molecule has 0 radical (unpaired) electrons. The van der Waals surface area contributed by atoms with Crippen LogP contribution in [0.1, 0.15) is 12.8 Å². The lowest BCUT2D eigenvalue weighted by Gasteiger charge is -2.14. The van der Waals surface area contributed by atoms with Crippen LogP contribution in [0.2, 0.25) is 5.02 Å². The third-order valence-electron chi connectivity index (χ3n) is 2.79. The molecule has 2 rings (SSSR count).